The van der Waals surface area contributed by atoms with E-state index >= 15 is 0 Å². The van der Waals surface area contributed by atoms with Gasteiger partial charge in [0.2, 0.25) is 5.91 Å². The van der Waals surface area contributed by atoms with Gasteiger partial charge in [-0.3, -0.25) is 4.79 Å². The van der Waals surface area contributed by atoms with Crippen LogP contribution in [0.4, 0.5) is 0 Å². The Balaban J connectivity index is 3.53. The molecule has 0 radical (unpaired) electrons. The molecule has 0 aromatic rings. The molecule has 0 aliphatic carbocycles. The number of hydrogen-bond acceptors (Lipinski definition) is 4. The minimum Gasteiger partial charge on any atom is -0.394 e. The Morgan fingerprint density at radius 2 is 1.26 bits per heavy atom. The van der Waals surface area contributed by atoms with Crippen molar-refractivity contribution >= 4 is 5.91 Å². The van der Waals surface area contributed by atoms with E-state index in [-0.39, 0.29) is 18.9 Å². The lowest BCUT2D eigenvalue weighted by Gasteiger charge is -2.22. The third-order valence-corrected chi connectivity index (χ3v) is 5.09. The van der Waals surface area contributed by atoms with Crippen molar-refractivity contribution in [1.82, 2.24) is 5.32 Å². The summed E-state index contributed by atoms with van der Waals surface area (Å²) in [5.41, 5.74) is 0. The van der Waals surface area contributed by atoms with E-state index in [1.807, 2.05) is 0 Å². The van der Waals surface area contributed by atoms with Gasteiger partial charge in [0.25, 0.3) is 0 Å². The molecule has 162 valence electrons. The fourth-order valence-electron chi connectivity index (χ4n) is 3.37. The second-order valence-electron chi connectivity index (χ2n) is 8.01. The minimum absolute atomic E-state index is 0.0119. The molecule has 0 heterocycles. The molecule has 0 aromatic heterocycles. The summed E-state index contributed by atoms with van der Waals surface area (Å²) < 4.78 is 0. The normalized spacial score (nSPS) is 14.7. The molecule has 27 heavy (non-hydrogen) atoms. The number of rotatable bonds is 19. The lowest BCUT2D eigenvalue weighted by molar-refractivity contribution is -0.124. The van der Waals surface area contributed by atoms with Gasteiger partial charge in [-0.15, -0.1) is 0 Å². The minimum atomic E-state index is -0.736. The number of nitrogens with one attached hydrogen (secondary N) is 1. The highest BCUT2D eigenvalue weighted by Gasteiger charge is 2.20. The van der Waals surface area contributed by atoms with Gasteiger partial charge < -0.3 is 20.6 Å². The topological polar surface area (TPSA) is 89.8 Å². The van der Waals surface area contributed by atoms with Crippen LogP contribution in [-0.4, -0.2) is 46.1 Å². The van der Waals surface area contributed by atoms with Crippen LogP contribution >= 0.6 is 0 Å². The smallest absolute Gasteiger partial charge is 0.222 e. The first-order chi connectivity index (χ1) is 13.0. The molecule has 0 bridgehead atoms. The average Bonchev–Trinajstić information content (AvgIpc) is 2.62. The van der Waals surface area contributed by atoms with Gasteiger partial charge in [-0.1, -0.05) is 90.4 Å². The maximum atomic E-state index is 11.6. The zero-order valence-corrected chi connectivity index (χ0v) is 17.8. The molecule has 0 unspecified atom stereocenters. The summed E-state index contributed by atoms with van der Waals surface area (Å²) in [7, 11) is 0. The zero-order valence-electron chi connectivity index (χ0n) is 17.8. The largest absolute Gasteiger partial charge is 0.394 e. The predicted molar refractivity (Wildman–Crippen MR) is 112 cm³/mol. The van der Waals surface area contributed by atoms with Gasteiger partial charge in [0, 0.05) is 0 Å². The van der Waals surface area contributed by atoms with Gasteiger partial charge in [0.05, 0.1) is 31.3 Å². The first-order valence-electron chi connectivity index (χ1n) is 11.3. The van der Waals surface area contributed by atoms with E-state index in [1.165, 1.54) is 77.6 Å². The standard InChI is InChI=1S/C22H45NO4/c1-3-4-5-6-7-8-9-10-11-12-13-14-15-16-21(26)20(18-24)23-22(27)17-19(2)25/h19-21,24-26H,3-18H2,1-2H3,(H,23,27)/t19-,20+,21-/m1/s1. The molecule has 4 N–H and O–H groups in total. The summed E-state index contributed by atoms with van der Waals surface area (Å²) in [6.07, 6.45) is 15.8. The zero-order chi connectivity index (χ0) is 20.3. The van der Waals surface area contributed by atoms with E-state index in [0.29, 0.717) is 6.42 Å². The lowest BCUT2D eigenvalue weighted by atomic mass is 10.0. The van der Waals surface area contributed by atoms with Crippen LogP contribution in [0, 0.1) is 0 Å². The van der Waals surface area contributed by atoms with Gasteiger partial charge in [-0.2, -0.15) is 0 Å². The van der Waals surface area contributed by atoms with E-state index in [0.717, 1.165) is 12.8 Å². The quantitative estimate of drug-likeness (QED) is 0.251. The fourth-order valence-corrected chi connectivity index (χ4v) is 3.37. The van der Waals surface area contributed by atoms with Gasteiger partial charge in [0.15, 0.2) is 0 Å². The Labute approximate surface area is 166 Å². The van der Waals surface area contributed by atoms with Crippen LogP contribution in [0.1, 0.15) is 110 Å². The van der Waals surface area contributed by atoms with Crippen molar-refractivity contribution in [3.8, 4) is 0 Å². The summed E-state index contributed by atoms with van der Waals surface area (Å²) in [4.78, 5) is 11.6. The van der Waals surface area contributed by atoms with E-state index in [4.69, 9.17) is 0 Å². The number of unbranched alkanes of at least 4 members (excludes halogenated alkanes) is 12. The highest BCUT2D eigenvalue weighted by molar-refractivity contribution is 5.76. The summed E-state index contributed by atoms with van der Waals surface area (Å²) in [5, 5.41) is 31.3. The van der Waals surface area contributed by atoms with E-state index in [9.17, 15) is 20.1 Å². The van der Waals surface area contributed by atoms with Gasteiger partial charge >= 0.3 is 0 Å². The fraction of sp³-hybridized carbons (Fsp3) is 0.955. The van der Waals surface area contributed by atoms with Crippen LogP contribution < -0.4 is 5.32 Å². The first kappa shape index (κ1) is 26.4. The van der Waals surface area contributed by atoms with Gasteiger partial charge in [0.1, 0.15) is 0 Å². The molecule has 5 heteroatoms. The summed E-state index contributed by atoms with van der Waals surface area (Å²) in [6, 6.07) is -0.645. The summed E-state index contributed by atoms with van der Waals surface area (Å²) in [6.45, 7) is 3.51. The Kier molecular flexibility index (Phi) is 18.3. The number of hydrogen-bond donors (Lipinski definition) is 4. The number of aliphatic hydroxyl groups excluding tert-OH is 3. The second kappa shape index (κ2) is 18.7. The monoisotopic (exact) mass is 387 g/mol. The Bertz CT molecular complexity index is 336. The maximum absolute atomic E-state index is 11.6. The SMILES string of the molecule is CCCCCCCCCCCCCCC[C@@H](O)[C@H](CO)NC(=O)C[C@@H](C)O. The third kappa shape index (κ3) is 17.2. The second-order valence-corrected chi connectivity index (χ2v) is 8.01. The van der Waals surface area contributed by atoms with E-state index in [2.05, 4.69) is 12.2 Å². The van der Waals surface area contributed by atoms with Crippen molar-refractivity contribution in [3.05, 3.63) is 0 Å². The van der Waals surface area contributed by atoms with Crippen molar-refractivity contribution in [2.24, 2.45) is 0 Å². The summed E-state index contributed by atoms with van der Waals surface area (Å²) in [5.74, 6) is -0.339. The molecule has 0 spiro atoms. The molecule has 0 fully saturated rings. The van der Waals surface area contributed by atoms with Crippen molar-refractivity contribution in [3.63, 3.8) is 0 Å². The molecule has 0 aromatic carbocycles. The summed E-state index contributed by atoms with van der Waals surface area (Å²) >= 11 is 0. The Morgan fingerprint density at radius 1 is 0.815 bits per heavy atom. The highest BCUT2D eigenvalue weighted by atomic mass is 16.3. The van der Waals surface area contributed by atoms with Gasteiger partial charge in [-0.25, -0.2) is 0 Å². The van der Waals surface area contributed by atoms with Crippen molar-refractivity contribution < 1.29 is 20.1 Å². The molecule has 0 saturated carbocycles. The molecule has 0 rings (SSSR count). The molecule has 1 amide bonds. The lowest BCUT2D eigenvalue weighted by Crippen LogP contribution is -2.46. The number of aliphatic hydroxyl groups is 3. The van der Waals surface area contributed by atoms with E-state index in [1.54, 1.807) is 0 Å². The van der Waals surface area contributed by atoms with Crippen LogP contribution in [0.25, 0.3) is 0 Å². The molecular weight excluding hydrogens is 342 g/mol. The van der Waals surface area contributed by atoms with Crippen LogP contribution in [0.5, 0.6) is 0 Å². The van der Waals surface area contributed by atoms with Crippen molar-refractivity contribution in [1.29, 1.82) is 0 Å². The highest BCUT2D eigenvalue weighted by Crippen LogP contribution is 2.14. The molecule has 0 aliphatic rings. The van der Waals surface area contributed by atoms with Crippen LogP contribution in [0.2, 0.25) is 0 Å². The number of carbonyl (C=O) groups excluding carboxylic acids is 1. The maximum Gasteiger partial charge on any atom is 0.222 e. The van der Waals surface area contributed by atoms with Crippen LogP contribution in [-0.2, 0) is 4.79 Å². The molecular formula is C22H45NO4. The number of amides is 1. The molecule has 3 atom stereocenters. The van der Waals surface area contributed by atoms with Crippen LogP contribution in [0.15, 0.2) is 0 Å². The average molecular weight is 388 g/mol. The van der Waals surface area contributed by atoms with Crippen molar-refractivity contribution in [2.45, 2.75) is 128 Å². The Morgan fingerprint density at radius 3 is 1.67 bits per heavy atom. The van der Waals surface area contributed by atoms with E-state index < -0.39 is 18.2 Å². The van der Waals surface area contributed by atoms with Crippen molar-refractivity contribution in [2.75, 3.05) is 6.61 Å². The molecule has 5 nitrogen and oxygen atoms in total. The predicted octanol–water partition coefficient (Wildman–Crippen LogP) is 4.08. The molecule has 0 aliphatic heterocycles. The molecule has 0 saturated heterocycles. The number of carbonyl (C=O) groups is 1. The Hall–Kier alpha value is -0.650. The first-order valence-corrected chi connectivity index (χ1v) is 11.3. The van der Waals surface area contributed by atoms with Gasteiger partial charge in [-0.05, 0) is 13.3 Å². The third-order valence-electron chi connectivity index (χ3n) is 5.09. The van der Waals surface area contributed by atoms with Crippen LogP contribution in [0.3, 0.4) is 0 Å².